The predicted molar refractivity (Wildman–Crippen MR) is 89.6 cm³/mol. The van der Waals surface area contributed by atoms with Gasteiger partial charge in [-0.05, 0) is 37.5 Å². The number of nitrogens with zero attached hydrogens (tertiary/aromatic N) is 2. The van der Waals surface area contributed by atoms with Crippen LogP contribution >= 0.6 is 0 Å². The van der Waals surface area contributed by atoms with E-state index >= 15 is 0 Å². The SMILES string of the molecule is CC(C)c1ccccc1-c1nc2ccccc2n1C(C)C. The molecule has 108 valence electrons. The third-order valence-corrected chi connectivity index (χ3v) is 3.94. The molecule has 21 heavy (non-hydrogen) atoms. The summed E-state index contributed by atoms with van der Waals surface area (Å²) in [5.74, 6) is 1.57. The monoisotopic (exact) mass is 278 g/mol. The molecule has 0 radical (unpaired) electrons. The predicted octanol–water partition coefficient (Wildman–Crippen LogP) is 5.41. The van der Waals surface area contributed by atoms with Crippen LogP contribution < -0.4 is 0 Å². The van der Waals surface area contributed by atoms with E-state index in [-0.39, 0.29) is 0 Å². The molecule has 0 saturated carbocycles. The fraction of sp³-hybridized carbons (Fsp3) is 0.316. The molecule has 0 fully saturated rings. The highest BCUT2D eigenvalue weighted by molar-refractivity contribution is 5.81. The van der Waals surface area contributed by atoms with Crippen molar-refractivity contribution in [3.8, 4) is 11.4 Å². The average molecular weight is 278 g/mol. The van der Waals surface area contributed by atoms with Gasteiger partial charge in [-0.15, -0.1) is 0 Å². The summed E-state index contributed by atoms with van der Waals surface area (Å²) in [5, 5.41) is 0. The highest BCUT2D eigenvalue weighted by Crippen LogP contribution is 2.33. The van der Waals surface area contributed by atoms with Crippen LogP contribution in [0.3, 0.4) is 0 Å². The highest BCUT2D eigenvalue weighted by atomic mass is 15.1. The van der Waals surface area contributed by atoms with Gasteiger partial charge < -0.3 is 4.57 Å². The molecule has 2 aromatic carbocycles. The number of rotatable bonds is 3. The van der Waals surface area contributed by atoms with Crippen LogP contribution in [0.1, 0.15) is 45.2 Å². The Bertz CT molecular complexity index is 766. The van der Waals surface area contributed by atoms with Crippen LogP contribution in [0.5, 0.6) is 0 Å². The lowest BCUT2D eigenvalue weighted by Crippen LogP contribution is -2.05. The van der Waals surface area contributed by atoms with Gasteiger partial charge in [0.2, 0.25) is 0 Å². The Morgan fingerprint density at radius 3 is 2.24 bits per heavy atom. The number of aromatic nitrogens is 2. The summed E-state index contributed by atoms with van der Waals surface area (Å²) in [4.78, 5) is 4.91. The van der Waals surface area contributed by atoms with Crippen molar-refractivity contribution in [1.29, 1.82) is 0 Å². The number of para-hydroxylation sites is 2. The zero-order valence-corrected chi connectivity index (χ0v) is 13.2. The Hall–Kier alpha value is -2.09. The molecule has 3 aromatic rings. The minimum absolute atomic E-state index is 0.382. The van der Waals surface area contributed by atoms with E-state index in [0.29, 0.717) is 12.0 Å². The summed E-state index contributed by atoms with van der Waals surface area (Å²) in [6.45, 7) is 8.91. The Morgan fingerprint density at radius 1 is 0.857 bits per heavy atom. The fourth-order valence-corrected chi connectivity index (χ4v) is 2.96. The van der Waals surface area contributed by atoms with Crippen LogP contribution in [0, 0.1) is 0 Å². The van der Waals surface area contributed by atoms with E-state index in [2.05, 4.69) is 80.8 Å². The first-order valence-corrected chi connectivity index (χ1v) is 7.66. The summed E-state index contributed by atoms with van der Waals surface area (Å²) in [6.07, 6.45) is 0. The third kappa shape index (κ3) is 2.35. The largest absolute Gasteiger partial charge is 0.321 e. The molecule has 0 saturated heterocycles. The standard InChI is InChI=1S/C19H22N2/c1-13(2)15-9-5-6-10-16(15)19-20-17-11-7-8-12-18(17)21(19)14(3)4/h5-14H,1-4H3. The van der Waals surface area contributed by atoms with Gasteiger partial charge in [0, 0.05) is 11.6 Å². The summed E-state index contributed by atoms with van der Waals surface area (Å²) in [6, 6.07) is 17.4. The van der Waals surface area contributed by atoms with Crippen LogP contribution in [-0.2, 0) is 0 Å². The van der Waals surface area contributed by atoms with Crippen molar-refractivity contribution in [3.05, 3.63) is 54.1 Å². The van der Waals surface area contributed by atoms with Crippen LogP contribution in [0.4, 0.5) is 0 Å². The van der Waals surface area contributed by atoms with E-state index in [1.807, 2.05) is 0 Å². The van der Waals surface area contributed by atoms with E-state index in [1.54, 1.807) is 0 Å². The lowest BCUT2D eigenvalue weighted by atomic mass is 9.96. The maximum Gasteiger partial charge on any atom is 0.141 e. The lowest BCUT2D eigenvalue weighted by molar-refractivity contribution is 0.623. The van der Waals surface area contributed by atoms with Crippen molar-refractivity contribution in [2.75, 3.05) is 0 Å². The lowest BCUT2D eigenvalue weighted by Gasteiger charge is -2.17. The molecule has 3 rings (SSSR count). The van der Waals surface area contributed by atoms with Crippen molar-refractivity contribution in [1.82, 2.24) is 9.55 Å². The molecule has 2 heteroatoms. The van der Waals surface area contributed by atoms with Gasteiger partial charge >= 0.3 is 0 Å². The average Bonchev–Trinajstić information content (AvgIpc) is 2.86. The molecule has 0 bridgehead atoms. The second kappa shape index (κ2) is 5.36. The Kier molecular flexibility index (Phi) is 3.54. The smallest absolute Gasteiger partial charge is 0.141 e. The molecule has 0 aliphatic carbocycles. The van der Waals surface area contributed by atoms with Crippen molar-refractivity contribution < 1.29 is 0 Å². The molecule has 0 aliphatic heterocycles. The first kappa shape index (κ1) is 13.9. The van der Waals surface area contributed by atoms with Crippen molar-refractivity contribution in [2.24, 2.45) is 0 Å². The zero-order chi connectivity index (χ0) is 15.0. The summed E-state index contributed by atoms with van der Waals surface area (Å²) in [7, 11) is 0. The van der Waals surface area contributed by atoms with Gasteiger partial charge in [-0.3, -0.25) is 0 Å². The molecular weight excluding hydrogens is 256 g/mol. The Labute approximate surface area is 126 Å². The number of hydrogen-bond donors (Lipinski definition) is 0. The van der Waals surface area contributed by atoms with E-state index in [0.717, 1.165) is 11.3 Å². The first-order valence-electron chi connectivity index (χ1n) is 7.66. The molecule has 1 aromatic heterocycles. The second-order valence-corrected chi connectivity index (χ2v) is 6.13. The zero-order valence-electron chi connectivity index (χ0n) is 13.2. The fourth-order valence-electron chi connectivity index (χ4n) is 2.96. The van der Waals surface area contributed by atoms with Crippen molar-refractivity contribution >= 4 is 11.0 Å². The van der Waals surface area contributed by atoms with Gasteiger partial charge in [0.15, 0.2) is 0 Å². The maximum absolute atomic E-state index is 4.91. The van der Waals surface area contributed by atoms with Crippen molar-refractivity contribution in [2.45, 2.75) is 39.7 Å². The molecular formula is C19H22N2. The maximum atomic E-state index is 4.91. The number of benzene rings is 2. The van der Waals surface area contributed by atoms with Gasteiger partial charge in [0.05, 0.1) is 11.0 Å². The van der Waals surface area contributed by atoms with Crippen molar-refractivity contribution in [3.63, 3.8) is 0 Å². The van der Waals surface area contributed by atoms with Crippen LogP contribution in [0.15, 0.2) is 48.5 Å². The first-order chi connectivity index (χ1) is 10.1. The van der Waals surface area contributed by atoms with Gasteiger partial charge in [-0.2, -0.15) is 0 Å². The molecule has 0 atom stereocenters. The molecule has 0 N–H and O–H groups in total. The summed E-state index contributed by atoms with van der Waals surface area (Å²) >= 11 is 0. The number of imidazole rings is 1. The molecule has 1 heterocycles. The minimum Gasteiger partial charge on any atom is -0.321 e. The van der Waals surface area contributed by atoms with Crippen LogP contribution in [0.25, 0.3) is 22.4 Å². The summed E-state index contributed by atoms with van der Waals surface area (Å²) in [5.41, 5.74) is 4.88. The van der Waals surface area contributed by atoms with Crippen LogP contribution in [-0.4, -0.2) is 9.55 Å². The number of fused-ring (bicyclic) bond motifs is 1. The van der Waals surface area contributed by atoms with E-state index in [1.165, 1.54) is 16.6 Å². The van der Waals surface area contributed by atoms with Gasteiger partial charge in [0.1, 0.15) is 5.82 Å². The highest BCUT2D eigenvalue weighted by Gasteiger charge is 2.17. The third-order valence-electron chi connectivity index (χ3n) is 3.94. The van der Waals surface area contributed by atoms with Gasteiger partial charge in [-0.1, -0.05) is 50.2 Å². The Balaban J connectivity index is 2.33. The van der Waals surface area contributed by atoms with E-state index in [9.17, 15) is 0 Å². The molecule has 0 aliphatic rings. The van der Waals surface area contributed by atoms with Gasteiger partial charge in [0.25, 0.3) is 0 Å². The normalized spacial score (nSPS) is 11.7. The molecule has 2 nitrogen and oxygen atoms in total. The number of hydrogen-bond acceptors (Lipinski definition) is 1. The van der Waals surface area contributed by atoms with E-state index in [4.69, 9.17) is 4.98 Å². The van der Waals surface area contributed by atoms with E-state index < -0.39 is 0 Å². The molecule has 0 amide bonds. The molecule has 0 spiro atoms. The van der Waals surface area contributed by atoms with Crippen LogP contribution in [0.2, 0.25) is 0 Å². The second-order valence-electron chi connectivity index (χ2n) is 6.13. The Morgan fingerprint density at radius 2 is 1.52 bits per heavy atom. The summed E-state index contributed by atoms with van der Waals surface area (Å²) < 4.78 is 2.34. The molecule has 0 unspecified atom stereocenters. The van der Waals surface area contributed by atoms with Gasteiger partial charge in [-0.25, -0.2) is 4.98 Å². The topological polar surface area (TPSA) is 17.8 Å². The quantitative estimate of drug-likeness (QED) is 0.626. The minimum atomic E-state index is 0.382.